The van der Waals surface area contributed by atoms with Gasteiger partial charge in [0.2, 0.25) is 0 Å². The molecular weight excluding hydrogens is 590 g/mol. The topological polar surface area (TPSA) is 125 Å². The lowest BCUT2D eigenvalue weighted by Crippen LogP contribution is -2.55. The average molecular weight is 622 g/mol. The Morgan fingerprint density at radius 1 is 1.20 bits per heavy atom. The van der Waals surface area contributed by atoms with Crippen LogP contribution in [0.25, 0.3) is 0 Å². The van der Waals surface area contributed by atoms with Crippen LogP contribution < -0.4 is 10.2 Å². The Balaban J connectivity index is 1.68. The van der Waals surface area contributed by atoms with E-state index in [4.69, 9.17) is 0 Å². The largest absolute Gasteiger partial charge is 0.345 e. The molecule has 0 saturated carbocycles. The van der Waals surface area contributed by atoms with Gasteiger partial charge in [-0.05, 0) is 24.1 Å². The SMILES string of the molecule is CCS(=O)(=O)c1ccc([C@H](CC#N)NC(=O)c2cnc(N3CCN(CCCOC(F)F)CC3COC(F)F)s2)cc1. The van der Waals surface area contributed by atoms with Crippen molar-refractivity contribution >= 4 is 32.2 Å². The summed E-state index contributed by atoms with van der Waals surface area (Å²) in [7, 11) is -3.40. The second-order valence-corrected chi connectivity index (χ2v) is 12.4. The van der Waals surface area contributed by atoms with Gasteiger partial charge in [-0.1, -0.05) is 30.4 Å². The van der Waals surface area contributed by atoms with Crippen molar-refractivity contribution in [2.24, 2.45) is 0 Å². The van der Waals surface area contributed by atoms with Gasteiger partial charge in [0, 0.05) is 26.2 Å². The molecule has 1 aliphatic rings. The second kappa shape index (κ2) is 15.4. The number of aromatic nitrogens is 1. The van der Waals surface area contributed by atoms with Gasteiger partial charge < -0.3 is 19.7 Å². The summed E-state index contributed by atoms with van der Waals surface area (Å²) in [5.41, 5.74) is 0.555. The normalized spacial score (nSPS) is 17.1. The third kappa shape index (κ3) is 9.60. The van der Waals surface area contributed by atoms with Crippen LogP contribution in [0.3, 0.4) is 0 Å². The Morgan fingerprint density at radius 2 is 1.90 bits per heavy atom. The molecule has 2 aromatic rings. The van der Waals surface area contributed by atoms with Crippen LogP contribution in [-0.4, -0.2) is 88.6 Å². The molecule has 1 aromatic carbocycles. The smallest absolute Gasteiger partial charge is 0.343 e. The zero-order valence-electron chi connectivity index (χ0n) is 22.2. The second-order valence-electron chi connectivity index (χ2n) is 9.09. The van der Waals surface area contributed by atoms with E-state index in [2.05, 4.69) is 19.8 Å². The number of sulfone groups is 1. The Morgan fingerprint density at radius 3 is 2.54 bits per heavy atom. The number of ether oxygens (including phenoxy) is 2. The quantitative estimate of drug-likeness (QED) is 0.234. The van der Waals surface area contributed by atoms with Crippen molar-refractivity contribution in [3.05, 3.63) is 40.9 Å². The van der Waals surface area contributed by atoms with Crippen molar-refractivity contribution in [3.8, 4) is 6.07 Å². The number of nitrogens with one attached hydrogen (secondary N) is 1. The van der Waals surface area contributed by atoms with Gasteiger partial charge in [-0.3, -0.25) is 9.69 Å². The number of thiazole rings is 1. The molecule has 1 fully saturated rings. The number of carbonyl (C=O) groups is 1. The fourth-order valence-electron chi connectivity index (χ4n) is 4.31. The van der Waals surface area contributed by atoms with Gasteiger partial charge in [-0.25, -0.2) is 13.4 Å². The molecule has 0 spiro atoms. The number of anilines is 1. The monoisotopic (exact) mass is 621 g/mol. The van der Waals surface area contributed by atoms with Gasteiger partial charge in [0.05, 0.1) is 54.6 Å². The minimum atomic E-state index is -3.40. The minimum Gasteiger partial charge on any atom is -0.343 e. The molecule has 10 nitrogen and oxygen atoms in total. The number of nitriles is 1. The van der Waals surface area contributed by atoms with E-state index in [0.717, 1.165) is 11.3 Å². The Kier molecular flexibility index (Phi) is 12.3. The minimum absolute atomic E-state index is 0.0567. The third-order valence-electron chi connectivity index (χ3n) is 6.43. The van der Waals surface area contributed by atoms with Crippen molar-refractivity contribution < 1.29 is 40.2 Å². The molecule has 1 amide bonds. The summed E-state index contributed by atoms with van der Waals surface area (Å²) in [5.74, 6) is -0.559. The molecular formula is C25H31F4N5O5S2. The first-order chi connectivity index (χ1) is 19.5. The molecule has 226 valence electrons. The molecule has 0 bridgehead atoms. The van der Waals surface area contributed by atoms with Gasteiger partial charge in [0.15, 0.2) is 15.0 Å². The maximum absolute atomic E-state index is 13.1. The van der Waals surface area contributed by atoms with Gasteiger partial charge in [0.1, 0.15) is 4.88 Å². The van der Waals surface area contributed by atoms with Gasteiger partial charge in [-0.2, -0.15) is 22.8 Å². The van der Waals surface area contributed by atoms with Crippen molar-refractivity contribution in [2.75, 3.05) is 50.0 Å². The van der Waals surface area contributed by atoms with Crippen LogP contribution in [-0.2, 0) is 19.3 Å². The van der Waals surface area contributed by atoms with Gasteiger partial charge >= 0.3 is 13.2 Å². The van der Waals surface area contributed by atoms with E-state index in [9.17, 15) is 36.0 Å². The molecule has 3 rings (SSSR count). The van der Waals surface area contributed by atoms with E-state index < -0.39 is 41.1 Å². The predicted octanol–water partition coefficient (Wildman–Crippen LogP) is 3.68. The summed E-state index contributed by atoms with van der Waals surface area (Å²) in [6, 6.07) is 6.75. The summed E-state index contributed by atoms with van der Waals surface area (Å²) >= 11 is 1.05. The summed E-state index contributed by atoms with van der Waals surface area (Å²) in [6.07, 6.45) is 1.64. The molecule has 2 atom stereocenters. The molecule has 16 heteroatoms. The van der Waals surface area contributed by atoms with E-state index in [1.807, 2.05) is 11.0 Å². The molecule has 1 saturated heterocycles. The standard InChI is InChI=1S/C25H31F4N5O5S2/c1-2-41(36,37)19-6-4-17(5-7-19)20(8-9-30)32-22(35)21-14-31-25(40-21)34-12-11-33(10-3-13-38-23(26)27)15-18(34)16-39-24(28)29/h4-7,14,18,20,23-24H,2-3,8,10-13,15-16H2,1H3,(H,32,35)/t18?,20-/m0/s1. The highest BCUT2D eigenvalue weighted by Crippen LogP contribution is 2.28. The third-order valence-corrected chi connectivity index (χ3v) is 9.21. The first-order valence-electron chi connectivity index (χ1n) is 12.8. The lowest BCUT2D eigenvalue weighted by molar-refractivity contribution is -0.134. The highest BCUT2D eigenvalue weighted by atomic mass is 32.2. The average Bonchev–Trinajstić information content (AvgIpc) is 3.44. The van der Waals surface area contributed by atoms with Gasteiger partial charge in [0.25, 0.3) is 5.91 Å². The molecule has 1 aromatic heterocycles. The van der Waals surface area contributed by atoms with Crippen LogP contribution >= 0.6 is 11.3 Å². The number of hydrogen-bond donors (Lipinski definition) is 1. The zero-order chi connectivity index (χ0) is 30.0. The van der Waals surface area contributed by atoms with Crippen molar-refractivity contribution in [3.63, 3.8) is 0 Å². The Labute approximate surface area is 239 Å². The van der Waals surface area contributed by atoms with Crippen LogP contribution in [0.4, 0.5) is 22.7 Å². The van der Waals surface area contributed by atoms with E-state index in [1.54, 1.807) is 17.0 Å². The maximum Gasteiger partial charge on any atom is 0.345 e. The molecule has 0 radical (unpaired) electrons. The van der Waals surface area contributed by atoms with E-state index in [0.29, 0.717) is 43.3 Å². The number of hydrogen-bond acceptors (Lipinski definition) is 10. The number of alkyl halides is 4. The summed E-state index contributed by atoms with van der Waals surface area (Å²) < 4.78 is 83.0. The first-order valence-corrected chi connectivity index (χ1v) is 15.3. The fraction of sp³-hybridized carbons (Fsp3) is 0.560. The number of piperazine rings is 1. The maximum atomic E-state index is 13.1. The summed E-state index contributed by atoms with van der Waals surface area (Å²) in [5, 5.41) is 12.5. The molecule has 2 heterocycles. The lowest BCUT2D eigenvalue weighted by Gasteiger charge is -2.41. The number of carbonyl (C=O) groups excluding carboxylic acids is 1. The Bertz CT molecular complexity index is 1270. The number of amides is 1. The van der Waals surface area contributed by atoms with Gasteiger partial charge in [-0.15, -0.1) is 0 Å². The molecule has 41 heavy (non-hydrogen) atoms. The molecule has 1 aliphatic heterocycles. The van der Waals surface area contributed by atoms with Crippen molar-refractivity contribution in [2.45, 2.75) is 50.0 Å². The number of benzene rings is 1. The van der Waals surface area contributed by atoms with E-state index in [-0.39, 0.29) is 35.2 Å². The van der Waals surface area contributed by atoms with Crippen LogP contribution in [0.2, 0.25) is 0 Å². The van der Waals surface area contributed by atoms with Crippen LogP contribution in [0.5, 0.6) is 0 Å². The van der Waals surface area contributed by atoms with E-state index in [1.165, 1.54) is 25.3 Å². The predicted molar refractivity (Wildman–Crippen MR) is 143 cm³/mol. The summed E-state index contributed by atoms with van der Waals surface area (Å²) in [6.45, 7) is -3.09. The number of nitrogens with zero attached hydrogens (tertiary/aromatic N) is 4. The zero-order valence-corrected chi connectivity index (χ0v) is 23.9. The number of halogens is 4. The molecule has 0 aliphatic carbocycles. The van der Waals surface area contributed by atoms with Crippen LogP contribution in [0.15, 0.2) is 35.4 Å². The Hall–Kier alpha value is -2.84. The highest BCUT2D eigenvalue weighted by Gasteiger charge is 2.30. The number of rotatable bonds is 15. The van der Waals surface area contributed by atoms with E-state index >= 15 is 0 Å². The van der Waals surface area contributed by atoms with Crippen LogP contribution in [0.1, 0.15) is 41.0 Å². The van der Waals surface area contributed by atoms with Crippen LogP contribution in [0, 0.1) is 11.3 Å². The first kappa shape index (κ1) is 32.7. The molecule has 1 N–H and O–H groups in total. The lowest BCUT2D eigenvalue weighted by atomic mass is 10.0. The fourth-order valence-corrected chi connectivity index (χ4v) is 6.11. The van der Waals surface area contributed by atoms with Crippen molar-refractivity contribution in [1.82, 2.24) is 15.2 Å². The highest BCUT2D eigenvalue weighted by molar-refractivity contribution is 7.91. The van der Waals surface area contributed by atoms with Crippen molar-refractivity contribution in [1.29, 1.82) is 5.26 Å². The summed E-state index contributed by atoms with van der Waals surface area (Å²) in [4.78, 5) is 21.5. The molecule has 1 unspecified atom stereocenters.